The van der Waals surface area contributed by atoms with Gasteiger partial charge in [-0.3, -0.25) is 4.79 Å². The molecule has 0 aromatic heterocycles. The monoisotopic (exact) mass is 215 g/mol. The molecule has 0 aliphatic rings. The predicted molar refractivity (Wildman–Crippen MR) is 63.0 cm³/mol. The molecule has 0 rings (SSSR count). The topological polar surface area (TPSA) is 40.5 Å². The molecule has 0 aromatic rings. The lowest BCUT2D eigenvalue weighted by Gasteiger charge is -2.24. The van der Waals surface area contributed by atoms with Crippen LogP contribution in [-0.2, 0) is 4.79 Å². The van der Waals surface area contributed by atoms with Crippen LogP contribution in [0.25, 0.3) is 0 Å². The SMILES string of the molecule is CC(C)CCN(CCC(=O)O)CC(C)C. The number of carbonyl (C=O) groups is 1. The Morgan fingerprint density at radius 2 is 1.73 bits per heavy atom. The van der Waals surface area contributed by atoms with E-state index in [0.29, 0.717) is 18.4 Å². The van der Waals surface area contributed by atoms with Crippen molar-refractivity contribution in [2.45, 2.75) is 40.5 Å². The summed E-state index contributed by atoms with van der Waals surface area (Å²) in [5, 5.41) is 8.65. The van der Waals surface area contributed by atoms with Crippen molar-refractivity contribution in [3.63, 3.8) is 0 Å². The number of rotatable bonds is 8. The highest BCUT2D eigenvalue weighted by Crippen LogP contribution is 2.05. The first kappa shape index (κ1) is 14.4. The molecule has 0 unspecified atom stereocenters. The number of aliphatic carboxylic acids is 1. The summed E-state index contributed by atoms with van der Waals surface area (Å²) in [7, 11) is 0. The lowest BCUT2D eigenvalue weighted by Crippen LogP contribution is -2.31. The number of nitrogens with zero attached hydrogens (tertiary/aromatic N) is 1. The maximum Gasteiger partial charge on any atom is 0.304 e. The minimum Gasteiger partial charge on any atom is -0.481 e. The van der Waals surface area contributed by atoms with Gasteiger partial charge in [0.25, 0.3) is 0 Å². The third kappa shape index (κ3) is 9.73. The molecule has 15 heavy (non-hydrogen) atoms. The van der Waals surface area contributed by atoms with Crippen molar-refractivity contribution in [1.82, 2.24) is 4.90 Å². The average Bonchev–Trinajstić information content (AvgIpc) is 2.08. The quantitative estimate of drug-likeness (QED) is 0.676. The van der Waals surface area contributed by atoms with Crippen LogP contribution in [-0.4, -0.2) is 35.6 Å². The predicted octanol–water partition coefficient (Wildman–Crippen LogP) is 2.47. The van der Waals surface area contributed by atoms with E-state index in [2.05, 4.69) is 32.6 Å². The van der Waals surface area contributed by atoms with E-state index in [1.54, 1.807) is 0 Å². The summed E-state index contributed by atoms with van der Waals surface area (Å²) >= 11 is 0. The van der Waals surface area contributed by atoms with Gasteiger partial charge < -0.3 is 10.0 Å². The van der Waals surface area contributed by atoms with Crippen molar-refractivity contribution in [1.29, 1.82) is 0 Å². The van der Waals surface area contributed by atoms with Crippen LogP contribution in [0.2, 0.25) is 0 Å². The molecular weight excluding hydrogens is 190 g/mol. The van der Waals surface area contributed by atoms with E-state index in [1.165, 1.54) is 0 Å². The number of carboxylic acid groups (broad SMARTS) is 1. The van der Waals surface area contributed by atoms with Crippen molar-refractivity contribution in [2.24, 2.45) is 11.8 Å². The van der Waals surface area contributed by atoms with Crippen molar-refractivity contribution < 1.29 is 9.90 Å². The molecule has 0 spiro atoms. The standard InChI is InChI=1S/C12H25NO2/c1-10(2)5-7-13(9-11(3)4)8-6-12(14)15/h10-11H,5-9H2,1-4H3,(H,14,15). The summed E-state index contributed by atoms with van der Waals surface area (Å²) in [6.07, 6.45) is 1.40. The van der Waals surface area contributed by atoms with Crippen LogP contribution in [0.5, 0.6) is 0 Å². The van der Waals surface area contributed by atoms with Crippen molar-refractivity contribution in [3.8, 4) is 0 Å². The fourth-order valence-corrected chi connectivity index (χ4v) is 1.51. The third-order valence-electron chi connectivity index (χ3n) is 2.29. The summed E-state index contributed by atoms with van der Waals surface area (Å²) in [6, 6.07) is 0. The van der Waals surface area contributed by atoms with Crippen LogP contribution >= 0.6 is 0 Å². The first-order valence-electron chi connectivity index (χ1n) is 5.86. The Hall–Kier alpha value is -0.570. The zero-order valence-corrected chi connectivity index (χ0v) is 10.5. The van der Waals surface area contributed by atoms with E-state index in [9.17, 15) is 4.79 Å². The van der Waals surface area contributed by atoms with Crippen LogP contribution in [0.4, 0.5) is 0 Å². The summed E-state index contributed by atoms with van der Waals surface area (Å²) in [5.74, 6) is 0.587. The first-order valence-corrected chi connectivity index (χ1v) is 5.86. The van der Waals surface area contributed by atoms with Crippen LogP contribution in [0.15, 0.2) is 0 Å². The highest BCUT2D eigenvalue weighted by Gasteiger charge is 2.09. The molecular formula is C12H25NO2. The van der Waals surface area contributed by atoms with Crippen LogP contribution < -0.4 is 0 Å². The Morgan fingerprint density at radius 3 is 2.13 bits per heavy atom. The van der Waals surface area contributed by atoms with E-state index >= 15 is 0 Å². The Bertz CT molecular complexity index is 178. The minimum atomic E-state index is -0.701. The van der Waals surface area contributed by atoms with E-state index < -0.39 is 5.97 Å². The molecule has 0 bridgehead atoms. The fourth-order valence-electron chi connectivity index (χ4n) is 1.51. The smallest absolute Gasteiger partial charge is 0.304 e. The molecule has 0 amide bonds. The molecule has 1 N–H and O–H groups in total. The lowest BCUT2D eigenvalue weighted by atomic mass is 10.1. The summed E-state index contributed by atoms with van der Waals surface area (Å²) in [6.45, 7) is 11.4. The Balaban J connectivity index is 3.89. The number of carboxylic acids is 1. The minimum absolute atomic E-state index is 0.255. The summed E-state index contributed by atoms with van der Waals surface area (Å²) in [5.41, 5.74) is 0. The molecule has 0 atom stereocenters. The average molecular weight is 215 g/mol. The molecule has 0 aliphatic heterocycles. The van der Waals surface area contributed by atoms with Crippen molar-refractivity contribution in [3.05, 3.63) is 0 Å². The Kier molecular flexibility index (Phi) is 7.39. The zero-order valence-electron chi connectivity index (χ0n) is 10.5. The molecule has 0 fully saturated rings. The van der Waals surface area contributed by atoms with E-state index in [0.717, 1.165) is 19.5 Å². The normalized spacial score (nSPS) is 11.7. The molecule has 3 nitrogen and oxygen atoms in total. The van der Waals surface area contributed by atoms with Crippen molar-refractivity contribution in [2.75, 3.05) is 19.6 Å². The largest absolute Gasteiger partial charge is 0.481 e. The maximum absolute atomic E-state index is 10.5. The van der Waals surface area contributed by atoms with Gasteiger partial charge >= 0.3 is 5.97 Å². The molecule has 0 saturated heterocycles. The molecule has 90 valence electrons. The number of hydrogen-bond acceptors (Lipinski definition) is 2. The van der Waals surface area contributed by atoms with Gasteiger partial charge in [-0.15, -0.1) is 0 Å². The molecule has 0 heterocycles. The van der Waals surface area contributed by atoms with Crippen molar-refractivity contribution >= 4 is 5.97 Å². The Labute approximate surface area is 93.5 Å². The second kappa shape index (κ2) is 7.69. The van der Waals surface area contributed by atoms with Crippen LogP contribution in [0.1, 0.15) is 40.5 Å². The van der Waals surface area contributed by atoms with Gasteiger partial charge in [0, 0.05) is 13.1 Å². The molecule has 0 saturated carbocycles. The van der Waals surface area contributed by atoms with Gasteiger partial charge in [-0.25, -0.2) is 0 Å². The van der Waals surface area contributed by atoms with Crippen LogP contribution in [0.3, 0.4) is 0 Å². The highest BCUT2D eigenvalue weighted by atomic mass is 16.4. The molecule has 0 aliphatic carbocycles. The molecule has 0 aromatic carbocycles. The van der Waals surface area contributed by atoms with E-state index in [-0.39, 0.29) is 6.42 Å². The van der Waals surface area contributed by atoms with Gasteiger partial charge in [0.15, 0.2) is 0 Å². The fraction of sp³-hybridized carbons (Fsp3) is 0.917. The van der Waals surface area contributed by atoms with Gasteiger partial charge in [-0.2, -0.15) is 0 Å². The maximum atomic E-state index is 10.5. The number of hydrogen-bond donors (Lipinski definition) is 1. The molecule has 3 heteroatoms. The van der Waals surface area contributed by atoms with Gasteiger partial charge in [-0.1, -0.05) is 27.7 Å². The summed E-state index contributed by atoms with van der Waals surface area (Å²) in [4.78, 5) is 12.8. The zero-order chi connectivity index (χ0) is 11.8. The second-order valence-electron chi connectivity index (χ2n) is 5.02. The van der Waals surface area contributed by atoms with Crippen LogP contribution in [0, 0.1) is 11.8 Å². The van der Waals surface area contributed by atoms with Gasteiger partial charge in [0.1, 0.15) is 0 Å². The van der Waals surface area contributed by atoms with Gasteiger partial charge in [0.2, 0.25) is 0 Å². The highest BCUT2D eigenvalue weighted by molar-refractivity contribution is 5.66. The van der Waals surface area contributed by atoms with E-state index in [1.807, 2.05) is 0 Å². The molecule has 0 radical (unpaired) electrons. The summed E-state index contributed by atoms with van der Waals surface area (Å²) < 4.78 is 0. The second-order valence-corrected chi connectivity index (χ2v) is 5.02. The van der Waals surface area contributed by atoms with Gasteiger partial charge in [0.05, 0.1) is 6.42 Å². The third-order valence-corrected chi connectivity index (χ3v) is 2.29. The van der Waals surface area contributed by atoms with E-state index in [4.69, 9.17) is 5.11 Å². The first-order chi connectivity index (χ1) is 6.91. The lowest BCUT2D eigenvalue weighted by molar-refractivity contribution is -0.137. The van der Waals surface area contributed by atoms with Gasteiger partial charge in [-0.05, 0) is 24.8 Å². The Morgan fingerprint density at radius 1 is 1.13 bits per heavy atom.